The van der Waals surface area contributed by atoms with Crippen molar-refractivity contribution in [1.82, 2.24) is 9.66 Å². The number of rotatable bonds is 7. The van der Waals surface area contributed by atoms with Crippen LogP contribution in [0.4, 0.5) is 0 Å². The molecule has 8 nitrogen and oxygen atoms in total. The first-order valence-corrected chi connectivity index (χ1v) is 12.9. The van der Waals surface area contributed by atoms with E-state index in [-0.39, 0.29) is 17.0 Å². The third kappa shape index (κ3) is 4.80. The van der Waals surface area contributed by atoms with E-state index in [2.05, 4.69) is 18.9 Å². The summed E-state index contributed by atoms with van der Waals surface area (Å²) in [5, 5.41) is 14.5. The minimum Gasteiger partial charge on any atom is -0.496 e. The van der Waals surface area contributed by atoms with E-state index in [9.17, 15) is 14.7 Å². The highest BCUT2D eigenvalue weighted by Gasteiger charge is 2.19. The number of aromatic nitrogens is 2. The molecule has 0 aliphatic heterocycles. The van der Waals surface area contributed by atoms with E-state index in [0.29, 0.717) is 39.4 Å². The van der Waals surface area contributed by atoms with Crippen LogP contribution in [0, 0.1) is 13.8 Å². The predicted octanol–water partition coefficient (Wildman–Crippen LogP) is 6.65. The Kier molecular flexibility index (Phi) is 7.09. The standard InChI is InChI=1S/C32H29N3O5/c1-18(2)25-16-26(19(3)15-29(25)39-5)30-34-27-12-7-6-9-24(27)31(36)35(30)33-17-21-13-14-28(40-21)22-10-8-11-23(20(22)4)32(37)38/h6-18H,1-5H3,(H,37,38). The van der Waals surface area contributed by atoms with Crippen LogP contribution in [0.5, 0.6) is 5.75 Å². The molecule has 0 bridgehead atoms. The van der Waals surface area contributed by atoms with Gasteiger partial charge in [-0.2, -0.15) is 9.78 Å². The van der Waals surface area contributed by atoms with E-state index in [0.717, 1.165) is 22.4 Å². The van der Waals surface area contributed by atoms with Crippen LogP contribution in [0.3, 0.4) is 0 Å². The van der Waals surface area contributed by atoms with Gasteiger partial charge in [0.25, 0.3) is 5.56 Å². The second kappa shape index (κ2) is 10.6. The molecule has 0 fully saturated rings. The monoisotopic (exact) mass is 535 g/mol. The van der Waals surface area contributed by atoms with E-state index in [1.165, 1.54) is 10.9 Å². The molecule has 8 heteroatoms. The van der Waals surface area contributed by atoms with Crippen molar-refractivity contribution in [2.45, 2.75) is 33.6 Å². The van der Waals surface area contributed by atoms with Crippen molar-refractivity contribution in [1.29, 1.82) is 0 Å². The van der Waals surface area contributed by atoms with Crippen LogP contribution in [0.2, 0.25) is 0 Å². The number of fused-ring (bicyclic) bond motifs is 1. The van der Waals surface area contributed by atoms with E-state index < -0.39 is 5.97 Å². The van der Waals surface area contributed by atoms with Gasteiger partial charge in [0.05, 0.1) is 29.8 Å². The van der Waals surface area contributed by atoms with Gasteiger partial charge in [0.2, 0.25) is 0 Å². The Bertz CT molecular complexity index is 1850. The van der Waals surface area contributed by atoms with E-state index >= 15 is 0 Å². The quantitative estimate of drug-likeness (QED) is 0.234. The number of para-hydroxylation sites is 1. The van der Waals surface area contributed by atoms with Crippen LogP contribution >= 0.6 is 0 Å². The largest absolute Gasteiger partial charge is 0.496 e. The molecular formula is C32H29N3O5. The van der Waals surface area contributed by atoms with Crippen molar-refractivity contribution < 1.29 is 19.1 Å². The summed E-state index contributed by atoms with van der Waals surface area (Å²) >= 11 is 0. The molecule has 5 rings (SSSR count). The van der Waals surface area contributed by atoms with Crippen LogP contribution in [0.1, 0.15) is 52.6 Å². The molecule has 0 saturated heterocycles. The Hall–Kier alpha value is -4.98. The highest BCUT2D eigenvalue weighted by atomic mass is 16.5. The molecule has 202 valence electrons. The second-order valence-electron chi connectivity index (χ2n) is 9.86. The Labute approximate surface area is 231 Å². The zero-order valence-electron chi connectivity index (χ0n) is 22.9. The van der Waals surface area contributed by atoms with Crippen LogP contribution < -0.4 is 10.3 Å². The fourth-order valence-electron chi connectivity index (χ4n) is 4.79. The SMILES string of the molecule is COc1cc(C)c(-c2nc3ccccc3c(=O)n2N=Cc2ccc(-c3cccc(C(=O)O)c3C)o2)cc1C(C)C. The third-order valence-corrected chi connectivity index (χ3v) is 6.95. The van der Waals surface area contributed by atoms with E-state index in [4.69, 9.17) is 14.1 Å². The number of carboxylic acids is 1. The van der Waals surface area contributed by atoms with Gasteiger partial charge in [-0.15, -0.1) is 0 Å². The first-order chi connectivity index (χ1) is 19.2. The molecule has 0 radical (unpaired) electrons. The summed E-state index contributed by atoms with van der Waals surface area (Å²) in [5.74, 6) is 1.26. The predicted molar refractivity (Wildman–Crippen MR) is 156 cm³/mol. The molecule has 0 unspecified atom stereocenters. The number of nitrogens with zero attached hydrogens (tertiary/aromatic N) is 3. The summed E-state index contributed by atoms with van der Waals surface area (Å²) in [6.07, 6.45) is 1.46. The van der Waals surface area contributed by atoms with Crippen molar-refractivity contribution in [3.8, 4) is 28.5 Å². The summed E-state index contributed by atoms with van der Waals surface area (Å²) in [4.78, 5) is 30.1. The van der Waals surface area contributed by atoms with Gasteiger partial charge in [-0.3, -0.25) is 4.79 Å². The lowest BCUT2D eigenvalue weighted by Crippen LogP contribution is -2.20. The van der Waals surface area contributed by atoms with Gasteiger partial charge in [0, 0.05) is 11.1 Å². The highest BCUT2D eigenvalue weighted by Crippen LogP contribution is 2.34. The van der Waals surface area contributed by atoms with Gasteiger partial charge in [-0.1, -0.05) is 38.1 Å². The molecule has 0 aliphatic carbocycles. The van der Waals surface area contributed by atoms with E-state index in [1.54, 1.807) is 56.5 Å². The molecule has 2 heterocycles. The van der Waals surface area contributed by atoms with Crippen LogP contribution in [-0.4, -0.2) is 34.1 Å². The topological polar surface area (TPSA) is 107 Å². The third-order valence-electron chi connectivity index (χ3n) is 6.95. The zero-order chi connectivity index (χ0) is 28.6. The summed E-state index contributed by atoms with van der Waals surface area (Å²) in [7, 11) is 1.64. The number of hydrogen-bond acceptors (Lipinski definition) is 6. The van der Waals surface area contributed by atoms with Crippen molar-refractivity contribution in [2.24, 2.45) is 5.10 Å². The van der Waals surface area contributed by atoms with Gasteiger partial charge in [0.1, 0.15) is 17.3 Å². The minimum absolute atomic E-state index is 0.183. The number of carboxylic acid groups (broad SMARTS) is 1. The molecule has 0 amide bonds. The first-order valence-electron chi connectivity index (χ1n) is 12.9. The highest BCUT2D eigenvalue weighted by molar-refractivity contribution is 5.92. The number of benzene rings is 3. The zero-order valence-corrected chi connectivity index (χ0v) is 22.9. The van der Waals surface area contributed by atoms with Gasteiger partial charge in [-0.25, -0.2) is 9.78 Å². The smallest absolute Gasteiger partial charge is 0.335 e. The Morgan fingerprint density at radius 3 is 2.55 bits per heavy atom. The van der Waals surface area contributed by atoms with Crippen molar-refractivity contribution in [2.75, 3.05) is 7.11 Å². The molecule has 40 heavy (non-hydrogen) atoms. The van der Waals surface area contributed by atoms with Gasteiger partial charge < -0.3 is 14.3 Å². The van der Waals surface area contributed by atoms with Gasteiger partial charge in [0.15, 0.2) is 5.82 Å². The average Bonchev–Trinajstić information content (AvgIpc) is 3.40. The van der Waals surface area contributed by atoms with Crippen molar-refractivity contribution in [3.63, 3.8) is 0 Å². The maximum atomic E-state index is 13.7. The molecule has 2 aromatic heterocycles. The molecule has 0 aliphatic rings. The maximum Gasteiger partial charge on any atom is 0.335 e. The summed E-state index contributed by atoms with van der Waals surface area (Å²) in [6, 6.07) is 19.6. The van der Waals surface area contributed by atoms with Gasteiger partial charge >= 0.3 is 5.97 Å². The summed E-state index contributed by atoms with van der Waals surface area (Å²) < 4.78 is 12.9. The second-order valence-corrected chi connectivity index (χ2v) is 9.86. The fourth-order valence-corrected chi connectivity index (χ4v) is 4.79. The molecule has 1 N–H and O–H groups in total. The molecule has 0 saturated carbocycles. The fraction of sp³-hybridized carbons (Fsp3) is 0.188. The first kappa shape index (κ1) is 26.6. The Balaban J connectivity index is 1.64. The Morgan fingerprint density at radius 1 is 1.05 bits per heavy atom. The summed E-state index contributed by atoms with van der Waals surface area (Å²) in [5.41, 5.74) is 4.39. The van der Waals surface area contributed by atoms with Crippen LogP contribution in [0.15, 0.2) is 81.0 Å². The van der Waals surface area contributed by atoms with Crippen molar-refractivity contribution >= 4 is 23.1 Å². The van der Waals surface area contributed by atoms with E-state index in [1.807, 2.05) is 31.2 Å². The molecule has 0 spiro atoms. The average molecular weight is 536 g/mol. The van der Waals surface area contributed by atoms with Crippen molar-refractivity contribution in [3.05, 3.63) is 105 Å². The number of methoxy groups -OCH3 is 1. The molecular weight excluding hydrogens is 506 g/mol. The number of aromatic carboxylic acids is 1. The number of ether oxygens (including phenoxy) is 1. The number of furan rings is 1. The van der Waals surface area contributed by atoms with Crippen LogP contribution in [0.25, 0.3) is 33.6 Å². The lowest BCUT2D eigenvalue weighted by Gasteiger charge is -2.17. The lowest BCUT2D eigenvalue weighted by molar-refractivity contribution is 0.0696. The summed E-state index contributed by atoms with van der Waals surface area (Å²) in [6.45, 7) is 7.85. The number of hydrogen-bond donors (Lipinski definition) is 1. The minimum atomic E-state index is -1.00. The van der Waals surface area contributed by atoms with Gasteiger partial charge in [-0.05, 0) is 78.9 Å². The normalized spacial score (nSPS) is 11.6. The van der Waals surface area contributed by atoms with Crippen LogP contribution in [-0.2, 0) is 0 Å². The number of carbonyl (C=O) groups is 1. The Morgan fingerprint density at radius 2 is 1.82 bits per heavy atom. The lowest BCUT2D eigenvalue weighted by atomic mass is 9.96. The molecule has 3 aromatic carbocycles. The molecule has 5 aromatic rings. The number of aryl methyl sites for hydroxylation is 1. The maximum absolute atomic E-state index is 13.7. The molecule has 0 atom stereocenters.